The fourth-order valence-corrected chi connectivity index (χ4v) is 7.32. The van der Waals surface area contributed by atoms with Gasteiger partial charge in [0.25, 0.3) is 5.92 Å². The molecule has 2 bridgehead atoms. The average Bonchev–Trinajstić information content (AvgIpc) is 3.36. The number of aromatic nitrogens is 3. The molecule has 3 fully saturated rings. The van der Waals surface area contributed by atoms with Gasteiger partial charge in [0.05, 0.1) is 16.0 Å². The van der Waals surface area contributed by atoms with Gasteiger partial charge in [0.1, 0.15) is 35.4 Å². The zero-order chi connectivity index (χ0) is 32.1. The Morgan fingerprint density at radius 1 is 1.07 bits per heavy atom. The van der Waals surface area contributed by atoms with E-state index in [0.29, 0.717) is 25.0 Å². The Morgan fingerprint density at radius 3 is 2.51 bits per heavy atom. The minimum Gasteiger partial charge on any atom is -0.463 e. The Morgan fingerprint density at radius 2 is 1.82 bits per heavy atom. The number of rotatable bonds is 7. The van der Waals surface area contributed by atoms with E-state index in [1.807, 2.05) is 4.90 Å². The van der Waals surface area contributed by atoms with Crippen LogP contribution in [0.1, 0.15) is 26.2 Å². The molecule has 2 saturated heterocycles. The number of alkyl halides is 2. The van der Waals surface area contributed by atoms with Gasteiger partial charge < -0.3 is 25.6 Å². The van der Waals surface area contributed by atoms with Crippen LogP contribution < -0.4 is 20.7 Å². The summed E-state index contributed by atoms with van der Waals surface area (Å²) >= 11 is 6.69. The molecule has 0 radical (unpaired) electrons. The second-order valence-corrected chi connectivity index (χ2v) is 13.5. The van der Waals surface area contributed by atoms with E-state index in [1.54, 1.807) is 19.0 Å². The van der Waals surface area contributed by atoms with Crippen LogP contribution in [0.25, 0.3) is 32.9 Å². The number of hydrogen-bond donors (Lipinski definition) is 2. The molecular formula is C31H31ClF5N7O. The summed E-state index contributed by atoms with van der Waals surface area (Å²) in [7, 11) is 3.39. The number of nitrogens with one attached hydrogen (secondary N) is 1. The van der Waals surface area contributed by atoms with Crippen LogP contribution in [-0.4, -0.2) is 77.7 Å². The molecule has 2 aliphatic heterocycles. The molecule has 1 aliphatic carbocycles. The predicted octanol–water partition coefficient (Wildman–Crippen LogP) is 5.79. The Bertz CT molecular complexity index is 1880. The molecule has 2 aromatic heterocycles. The molecule has 238 valence electrons. The molecule has 0 unspecified atom stereocenters. The van der Waals surface area contributed by atoms with Crippen molar-refractivity contribution in [2.45, 2.75) is 43.7 Å². The van der Waals surface area contributed by atoms with Gasteiger partial charge in [0, 0.05) is 65.6 Å². The number of halogens is 6. The maximum Gasteiger partial charge on any atom is 0.319 e. The first-order valence-electron chi connectivity index (χ1n) is 14.6. The fraction of sp³-hybridized carbons (Fsp3) is 0.452. The summed E-state index contributed by atoms with van der Waals surface area (Å²) in [4.78, 5) is 16.7. The first kappa shape index (κ1) is 30.1. The molecule has 0 amide bonds. The van der Waals surface area contributed by atoms with Gasteiger partial charge in [0.2, 0.25) is 0 Å². The van der Waals surface area contributed by atoms with Crippen LogP contribution in [0.5, 0.6) is 6.01 Å². The number of pyridine rings is 1. The second-order valence-electron chi connectivity index (χ2n) is 13.1. The highest BCUT2D eigenvalue weighted by Gasteiger charge is 2.71. The third kappa shape index (κ3) is 4.99. The first-order chi connectivity index (χ1) is 21.2. The zero-order valence-corrected chi connectivity index (χ0v) is 25.6. The minimum atomic E-state index is -2.94. The van der Waals surface area contributed by atoms with Gasteiger partial charge in [-0.15, -0.1) is 0 Å². The van der Waals surface area contributed by atoms with Gasteiger partial charge in [-0.3, -0.25) is 0 Å². The van der Waals surface area contributed by atoms with Crippen LogP contribution in [0.4, 0.5) is 33.6 Å². The van der Waals surface area contributed by atoms with Gasteiger partial charge in [-0.05, 0) is 52.1 Å². The number of nitrogens with zero attached hydrogens (tertiary/aromatic N) is 5. The number of hydrogen-bond acceptors (Lipinski definition) is 8. The van der Waals surface area contributed by atoms with Crippen molar-refractivity contribution in [2.75, 3.05) is 51.0 Å². The van der Waals surface area contributed by atoms with E-state index < -0.39 is 41.0 Å². The summed E-state index contributed by atoms with van der Waals surface area (Å²) in [6.45, 7) is 2.84. The molecule has 3 N–H and O–H groups in total. The number of anilines is 2. The maximum atomic E-state index is 16.8. The van der Waals surface area contributed by atoms with Gasteiger partial charge >= 0.3 is 6.01 Å². The van der Waals surface area contributed by atoms with E-state index in [9.17, 15) is 13.2 Å². The van der Waals surface area contributed by atoms with E-state index in [-0.39, 0.29) is 68.8 Å². The molecule has 2 aromatic carbocycles. The molecule has 4 heterocycles. The number of ether oxygens (including phenoxy) is 1. The Balaban J connectivity index is 1.41. The summed E-state index contributed by atoms with van der Waals surface area (Å²) < 4.78 is 81.9. The molecule has 7 rings (SSSR count). The lowest BCUT2D eigenvalue weighted by molar-refractivity contribution is 0.0288. The lowest BCUT2D eigenvalue weighted by Gasteiger charge is -2.40. The van der Waals surface area contributed by atoms with Crippen molar-refractivity contribution in [3.05, 3.63) is 46.7 Å². The van der Waals surface area contributed by atoms with Crippen LogP contribution in [-0.2, 0) is 0 Å². The van der Waals surface area contributed by atoms with E-state index in [4.69, 9.17) is 22.1 Å². The number of benzene rings is 2. The number of nitrogen functional groups attached to an aromatic ring is 1. The van der Waals surface area contributed by atoms with Crippen molar-refractivity contribution in [3.8, 4) is 17.1 Å². The Kier molecular flexibility index (Phi) is 6.85. The van der Waals surface area contributed by atoms with Crippen molar-refractivity contribution in [1.29, 1.82) is 0 Å². The topological polar surface area (TPSA) is 92.4 Å². The van der Waals surface area contributed by atoms with Crippen molar-refractivity contribution in [1.82, 2.24) is 25.2 Å². The lowest BCUT2D eigenvalue weighted by Crippen LogP contribution is -2.58. The summed E-state index contributed by atoms with van der Waals surface area (Å²) in [5.41, 5.74) is 2.91. The molecule has 3 aliphatic rings. The Labute approximate surface area is 260 Å². The van der Waals surface area contributed by atoms with E-state index in [1.165, 1.54) is 18.2 Å². The first-order valence-corrected chi connectivity index (χ1v) is 15.0. The van der Waals surface area contributed by atoms with Crippen molar-refractivity contribution in [3.63, 3.8) is 0 Å². The highest BCUT2D eigenvalue weighted by Crippen LogP contribution is 2.60. The lowest BCUT2D eigenvalue weighted by atomic mass is 9.97. The SMILES string of the molecule is CN(C)C[C@@]1(COc2nc(N3C[C@H]4CC[C@](C)(C3)N4)c3cc(Cl)c(-c4c(F)cc(F)c5ccc(N)nc45)c(F)c3n2)CC1(F)F. The van der Waals surface area contributed by atoms with E-state index in [0.717, 1.165) is 12.8 Å². The molecule has 4 aromatic rings. The quantitative estimate of drug-likeness (QED) is 0.244. The molecule has 3 atom stereocenters. The summed E-state index contributed by atoms with van der Waals surface area (Å²) in [6.07, 6.45) is 1.50. The minimum absolute atomic E-state index is 0.0308. The molecule has 45 heavy (non-hydrogen) atoms. The molecule has 1 saturated carbocycles. The molecule has 8 nitrogen and oxygen atoms in total. The van der Waals surface area contributed by atoms with Gasteiger partial charge in [-0.2, -0.15) is 9.97 Å². The highest BCUT2D eigenvalue weighted by molar-refractivity contribution is 6.35. The number of piperazine rings is 1. The third-order valence-electron chi connectivity index (χ3n) is 9.18. The van der Waals surface area contributed by atoms with Crippen LogP contribution in [0.15, 0.2) is 24.3 Å². The second kappa shape index (κ2) is 10.2. The van der Waals surface area contributed by atoms with Crippen LogP contribution in [0.2, 0.25) is 5.02 Å². The van der Waals surface area contributed by atoms with E-state index in [2.05, 4.69) is 27.2 Å². The molecular weight excluding hydrogens is 617 g/mol. The summed E-state index contributed by atoms with van der Waals surface area (Å²) in [6, 6.07) is 4.60. The normalized spacial score (nSPS) is 25.5. The predicted molar refractivity (Wildman–Crippen MR) is 162 cm³/mol. The van der Waals surface area contributed by atoms with Crippen LogP contribution in [0, 0.1) is 22.9 Å². The number of nitrogens with two attached hydrogens (primary N) is 1. The van der Waals surface area contributed by atoms with Gasteiger partial charge in [-0.1, -0.05) is 11.6 Å². The van der Waals surface area contributed by atoms with Crippen molar-refractivity contribution in [2.24, 2.45) is 5.41 Å². The highest BCUT2D eigenvalue weighted by atomic mass is 35.5. The summed E-state index contributed by atoms with van der Waals surface area (Å²) in [5, 5.41) is 3.58. The van der Waals surface area contributed by atoms with E-state index >= 15 is 8.78 Å². The zero-order valence-electron chi connectivity index (χ0n) is 24.8. The van der Waals surface area contributed by atoms with Gasteiger partial charge in [0.15, 0.2) is 5.82 Å². The van der Waals surface area contributed by atoms with Crippen molar-refractivity contribution >= 4 is 45.0 Å². The third-order valence-corrected chi connectivity index (χ3v) is 9.48. The fourth-order valence-electron chi connectivity index (χ4n) is 7.03. The molecule has 0 spiro atoms. The monoisotopic (exact) mass is 647 g/mol. The van der Waals surface area contributed by atoms with Gasteiger partial charge in [-0.25, -0.2) is 26.9 Å². The largest absolute Gasteiger partial charge is 0.463 e. The smallest absolute Gasteiger partial charge is 0.319 e. The van der Waals surface area contributed by atoms with Crippen LogP contribution in [0.3, 0.4) is 0 Å². The average molecular weight is 648 g/mol. The summed E-state index contributed by atoms with van der Waals surface area (Å²) in [5.74, 6) is -5.68. The molecule has 14 heteroatoms. The maximum absolute atomic E-state index is 16.8. The Hall–Kier alpha value is -3.55. The number of fused-ring (bicyclic) bond motifs is 4. The van der Waals surface area contributed by atoms with Crippen molar-refractivity contribution < 1.29 is 26.7 Å². The standard InChI is InChI=1S/C31H31ClF5N7O/c1-29-7-6-15(42-29)10-44(12-29)27-17-8-18(32)22(23-20(34)9-19(33)16-4-5-21(38)39-25(16)23)24(35)26(17)40-28(41-27)45-14-30(13-43(2)3)11-31(30,36)37/h4-5,8-9,15,42H,6-7,10-14H2,1-3H3,(H2,38,39)/t15-,29-,30-/m1/s1. The van der Waals surface area contributed by atoms with Crippen LogP contribution >= 0.6 is 11.6 Å².